The first kappa shape index (κ1) is 18.0. The summed E-state index contributed by atoms with van der Waals surface area (Å²) in [5, 5.41) is 11.1. The molecule has 0 atom stereocenters. The van der Waals surface area contributed by atoms with Gasteiger partial charge in [-0.15, -0.1) is 0 Å². The van der Waals surface area contributed by atoms with Crippen molar-refractivity contribution in [2.45, 2.75) is 6.54 Å². The molecule has 0 bridgehead atoms. The largest absolute Gasteiger partial charge is 0.289 e. The molecule has 1 amide bonds. The maximum Gasteiger partial charge on any atom is 0.276 e. The van der Waals surface area contributed by atoms with Crippen molar-refractivity contribution in [3.8, 4) is 0 Å². The molecule has 0 saturated carbocycles. The van der Waals surface area contributed by atoms with Crippen LogP contribution in [0.1, 0.15) is 11.1 Å². The van der Waals surface area contributed by atoms with Crippen LogP contribution in [0, 0.1) is 10.1 Å². The Bertz CT molecular complexity index is 957. The highest BCUT2D eigenvalue weighted by atomic mass is 16.6. The molecule has 134 valence electrons. The number of carbonyl (C=O) groups is 1. The number of anilines is 1. The van der Waals surface area contributed by atoms with Crippen LogP contribution in [0.5, 0.6) is 0 Å². The standard InChI is InChI=1S/C21H17N3O3/c25-21(14-13-18-10-4-5-11-19(18)24(26)27)23(20-12-6-7-15-22-20)16-17-8-2-1-3-9-17/h1-15H,16H2/b14-13+. The van der Waals surface area contributed by atoms with Gasteiger partial charge in [-0.2, -0.15) is 0 Å². The number of hydrogen-bond acceptors (Lipinski definition) is 4. The fourth-order valence-corrected chi connectivity index (χ4v) is 2.60. The minimum atomic E-state index is -0.468. The smallest absolute Gasteiger partial charge is 0.276 e. The van der Waals surface area contributed by atoms with Gasteiger partial charge < -0.3 is 0 Å². The van der Waals surface area contributed by atoms with Gasteiger partial charge in [0.2, 0.25) is 0 Å². The van der Waals surface area contributed by atoms with Crippen LogP contribution >= 0.6 is 0 Å². The van der Waals surface area contributed by atoms with E-state index in [0.29, 0.717) is 17.9 Å². The van der Waals surface area contributed by atoms with Crippen molar-refractivity contribution in [3.63, 3.8) is 0 Å². The lowest BCUT2D eigenvalue weighted by atomic mass is 10.1. The molecule has 27 heavy (non-hydrogen) atoms. The minimum absolute atomic E-state index is 0.0472. The molecule has 0 aliphatic carbocycles. The normalized spacial score (nSPS) is 10.7. The van der Waals surface area contributed by atoms with Gasteiger partial charge in [-0.25, -0.2) is 4.98 Å². The second-order valence-corrected chi connectivity index (χ2v) is 5.75. The van der Waals surface area contributed by atoms with E-state index in [-0.39, 0.29) is 11.6 Å². The molecule has 0 spiro atoms. The number of carbonyl (C=O) groups excluding carboxylic acids is 1. The van der Waals surface area contributed by atoms with E-state index < -0.39 is 4.92 Å². The Morgan fingerprint density at radius 1 is 1.00 bits per heavy atom. The molecule has 2 aromatic carbocycles. The predicted molar refractivity (Wildman–Crippen MR) is 104 cm³/mol. The fraction of sp³-hybridized carbons (Fsp3) is 0.0476. The number of para-hydroxylation sites is 1. The zero-order chi connectivity index (χ0) is 19.1. The maximum absolute atomic E-state index is 12.8. The topological polar surface area (TPSA) is 76.3 Å². The summed E-state index contributed by atoms with van der Waals surface area (Å²) >= 11 is 0. The average molecular weight is 359 g/mol. The molecule has 6 heteroatoms. The third-order valence-electron chi connectivity index (χ3n) is 3.91. The SMILES string of the molecule is O=C(/C=C/c1ccccc1[N+](=O)[O-])N(Cc1ccccc1)c1ccccn1. The minimum Gasteiger partial charge on any atom is -0.289 e. The molecule has 0 radical (unpaired) electrons. The van der Waals surface area contributed by atoms with Crippen LogP contribution in [-0.2, 0) is 11.3 Å². The number of aromatic nitrogens is 1. The van der Waals surface area contributed by atoms with Crippen LogP contribution in [0.3, 0.4) is 0 Å². The molecule has 3 aromatic rings. The quantitative estimate of drug-likeness (QED) is 0.375. The number of rotatable bonds is 6. The first-order valence-corrected chi connectivity index (χ1v) is 8.33. The predicted octanol–water partition coefficient (Wildman–Crippen LogP) is 4.24. The fourth-order valence-electron chi connectivity index (χ4n) is 2.60. The van der Waals surface area contributed by atoms with Crippen LogP contribution < -0.4 is 4.90 Å². The highest BCUT2D eigenvalue weighted by Gasteiger charge is 2.16. The number of pyridine rings is 1. The van der Waals surface area contributed by atoms with Gasteiger partial charge in [-0.3, -0.25) is 19.8 Å². The van der Waals surface area contributed by atoms with E-state index in [4.69, 9.17) is 0 Å². The monoisotopic (exact) mass is 359 g/mol. The Labute approximate surface area is 156 Å². The molecule has 0 aliphatic heterocycles. The maximum atomic E-state index is 12.8. The molecule has 1 heterocycles. The van der Waals surface area contributed by atoms with Gasteiger partial charge in [0.15, 0.2) is 0 Å². The van der Waals surface area contributed by atoms with Gasteiger partial charge in [0, 0.05) is 18.3 Å². The van der Waals surface area contributed by atoms with Gasteiger partial charge >= 0.3 is 0 Å². The van der Waals surface area contributed by atoms with E-state index in [1.54, 1.807) is 42.6 Å². The lowest BCUT2D eigenvalue weighted by Crippen LogP contribution is -2.29. The Morgan fingerprint density at radius 2 is 1.70 bits per heavy atom. The van der Waals surface area contributed by atoms with E-state index in [0.717, 1.165) is 5.56 Å². The van der Waals surface area contributed by atoms with Crippen LogP contribution in [0.4, 0.5) is 11.5 Å². The Hall–Kier alpha value is -3.80. The molecular formula is C21H17N3O3. The Morgan fingerprint density at radius 3 is 2.41 bits per heavy atom. The van der Waals surface area contributed by atoms with Crippen molar-refractivity contribution >= 4 is 23.5 Å². The van der Waals surface area contributed by atoms with Crippen molar-refractivity contribution in [1.29, 1.82) is 0 Å². The van der Waals surface area contributed by atoms with Crippen molar-refractivity contribution in [2.75, 3.05) is 4.90 Å². The van der Waals surface area contributed by atoms with E-state index in [9.17, 15) is 14.9 Å². The molecule has 0 saturated heterocycles. The number of amides is 1. The molecule has 0 aliphatic rings. The molecule has 6 nitrogen and oxygen atoms in total. The van der Waals surface area contributed by atoms with Crippen LogP contribution in [0.25, 0.3) is 6.08 Å². The summed E-state index contributed by atoms with van der Waals surface area (Å²) in [7, 11) is 0. The lowest BCUT2D eigenvalue weighted by Gasteiger charge is -2.20. The zero-order valence-electron chi connectivity index (χ0n) is 14.4. The van der Waals surface area contributed by atoms with Crippen molar-refractivity contribution in [1.82, 2.24) is 4.98 Å². The second kappa shape index (κ2) is 8.53. The number of benzene rings is 2. The molecular weight excluding hydrogens is 342 g/mol. The third-order valence-corrected chi connectivity index (χ3v) is 3.91. The summed E-state index contributed by atoms with van der Waals surface area (Å²) in [5.41, 5.74) is 1.28. The summed E-state index contributed by atoms with van der Waals surface area (Å²) in [6.45, 7) is 0.345. The first-order valence-electron chi connectivity index (χ1n) is 8.33. The highest BCUT2D eigenvalue weighted by molar-refractivity contribution is 6.03. The average Bonchev–Trinajstić information content (AvgIpc) is 2.72. The van der Waals surface area contributed by atoms with E-state index in [1.807, 2.05) is 30.3 Å². The Kier molecular flexibility index (Phi) is 5.69. The van der Waals surface area contributed by atoms with Crippen molar-refractivity contribution in [3.05, 3.63) is 106 Å². The number of nitro groups is 1. The summed E-state index contributed by atoms with van der Waals surface area (Å²) in [6, 6.07) is 21.2. The number of hydrogen-bond donors (Lipinski definition) is 0. The number of nitro benzene ring substituents is 1. The van der Waals surface area contributed by atoms with Gasteiger partial charge in [0.25, 0.3) is 11.6 Å². The van der Waals surface area contributed by atoms with Crippen molar-refractivity contribution < 1.29 is 9.72 Å². The molecule has 0 unspecified atom stereocenters. The van der Waals surface area contributed by atoms with E-state index in [2.05, 4.69) is 4.98 Å². The van der Waals surface area contributed by atoms with E-state index >= 15 is 0 Å². The van der Waals surface area contributed by atoms with Gasteiger partial charge in [-0.1, -0.05) is 48.5 Å². The van der Waals surface area contributed by atoms with Gasteiger partial charge in [0.05, 0.1) is 17.0 Å². The highest BCUT2D eigenvalue weighted by Crippen LogP contribution is 2.20. The second-order valence-electron chi connectivity index (χ2n) is 5.75. The molecule has 1 aromatic heterocycles. The zero-order valence-corrected chi connectivity index (χ0v) is 14.4. The summed E-state index contributed by atoms with van der Waals surface area (Å²) in [6.07, 6.45) is 4.41. The van der Waals surface area contributed by atoms with Crippen LogP contribution in [-0.4, -0.2) is 15.8 Å². The van der Waals surface area contributed by atoms with Crippen LogP contribution in [0.15, 0.2) is 85.1 Å². The Balaban J connectivity index is 1.88. The molecule has 0 fully saturated rings. The molecule has 3 rings (SSSR count). The van der Waals surface area contributed by atoms with Gasteiger partial charge in [-0.05, 0) is 29.8 Å². The first-order chi connectivity index (χ1) is 13.1. The molecule has 0 N–H and O–H groups in total. The summed E-state index contributed by atoms with van der Waals surface area (Å²) in [5.74, 6) is 0.203. The van der Waals surface area contributed by atoms with E-state index in [1.165, 1.54) is 23.1 Å². The van der Waals surface area contributed by atoms with Gasteiger partial charge in [0.1, 0.15) is 5.82 Å². The van der Waals surface area contributed by atoms with Crippen molar-refractivity contribution in [2.24, 2.45) is 0 Å². The third kappa shape index (κ3) is 4.64. The number of nitrogens with zero attached hydrogens (tertiary/aromatic N) is 3. The summed E-state index contributed by atoms with van der Waals surface area (Å²) < 4.78 is 0. The van der Waals surface area contributed by atoms with Crippen LogP contribution in [0.2, 0.25) is 0 Å². The summed E-state index contributed by atoms with van der Waals surface area (Å²) in [4.78, 5) is 29.3. The lowest BCUT2D eigenvalue weighted by molar-refractivity contribution is -0.385.